The Morgan fingerprint density at radius 3 is 2.57 bits per heavy atom. The number of nitrogens with zero attached hydrogens (tertiary/aromatic N) is 1. The zero-order valence-corrected chi connectivity index (χ0v) is 13.5. The lowest BCUT2D eigenvalue weighted by atomic mass is 10.2. The molecule has 1 aliphatic rings. The number of carbonyl (C=O) groups is 2. The summed E-state index contributed by atoms with van der Waals surface area (Å²) in [4.78, 5) is 23.1. The van der Waals surface area contributed by atoms with Gasteiger partial charge in [-0.2, -0.15) is 0 Å². The molecule has 1 aromatic rings. The fourth-order valence-electron chi connectivity index (χ4n) is 1.74. The van der Waals surface area contributed by atoms with Crippen LogP contribution in [0, 0.1) is 5.82 Å². The molecular formula is C14H17FN2O5S. The molecule has 0 bridgehead atoms. The molecule has 0 atom stereocenters. The molecule has 1 aromatic carbocycles. The first-order chi connectivity index (χ1) is 10.7. The van der Waals surface area contributed by atoms with Gasteiger partial charge in [-0.05, 0) is 31.0 Å². The van der Waals surface area contributed by atoms with Gasteiger partial charge < -0.3 is 10.1 Å². The van der Waals surface area contributed by atoms with Crippen LogP contribution >= 0.6 is 0 Å². The molecule has 0 saturated heterocycles. The van der Waals surface area contributed by atoms with Crippen LogP contribution in [0.5, 0.6) is 0 Å². The molecule has 1 aliphatic carbocycles. The molecule has 0 spiro atoms. The van der Waals surface area contributed by atoms with Gasteiger partial charge in [0.1, 0.15) is 5.82 Å². The molecule has 126 valence electrons. The molecule has 7 nitrogen and oxygen atoms in total. The highest BCUT2D eigenvalue weighted by Gasteiger charge is 2.25. The summed E-state index contributed by atoms with van der Waals surface area (Å²) in [5.41, 5.74) is -0.535. The number of halogens is 1. The summed E-state index contributed by atoms with van der Waals surface area (Å²) in [5.74, 6) is -2.49. The maximum atomic E-state index is 13.7. The summed E-state index contributed by atoms with van der Waals surface area (Å²) in [5, 5.41) is 2.61. The minimum absolute atomic E-state index is 0.117. The first-order valence-electron chi connectivity index (χ1n) is 6.90. The van der Waals surface area contributed by atoms with Crippen molar-refractivity contribution in [2.45, 2.75) is 23.8 Å². The van der Waals surface area contributed by atoms with E-state index < -0.39 is 39.9 Å². The lowest BCUT2D eigenvalue weighted by molar-refractivity contribution is -0.124. The maximum absolute atomic E-state index is 13.7. The van der Waals surface area contributed by atoms with Crippen LogP contribution in [-0.4, -0.2) is 51.3 Å². The Labute approximate surface area is 133 Å². The van der Waals surface area contributed by atoms with Crippen molar-refractivity contribution >= 4 is 21.9 Å². The Balaban J connectivity index is 2.11. The summed E-state index contributed by atoms with van der Waals surface area (Å²) >= 11 is 0. The standard InChI is InChI=1S/C14H17FN2O5S/c1-17(2)23(20,21)10-5-6-12(15)11(7-10)14(19)22-8-13(18)16-9-3-4-9/h5-7,9H,3-4,8H2,1-2H3,(H,16,18). The number of esters is 1. The fraction of sp³-hybridized carbons (Fsp3) is 0.429. The molecule has 0 heterocycles. The lowest BCUT2D eigenvalue weighted by Crippen LogP contribution is -2.30. The normalized spacial score (nSPS) is 14.6. The summed E-state index contributed by atoms with van der Waals surface area (Å²) in [7, 11) is -1.17. The second-order valence-electron chi connectivity index (χ2n) is 5.35. The van der Waals surface area contributed by atoms with E-state index in [9.17, 15) is 22.4 Å². The Hall–Kier alpha value is -2.00. The van der Waals surface area contributed by atoms with Gasteiger partial charge in [0, 0.05) is 20.1 Å². The van der Waals surface area contributed by atoms with E-state index in [1.807, 2.05) is 0 Å². The molecule has 0 unspecified atom stereocenters. The smallest absolute Gasteiger partial charge is 0.341 e. The summed E-state index contributed by atoms with van der Waals surface area (Å²) < 4.78 is 43.4. The van der Waals surface area contributed by atoms with Crippen molar-refractivity contribution in [1.82, 2.24) is 9.62 Å². The third-order valence-corrected chi connectivity index (χ3v) is 5.02. The van der Waals surface area contributed by atoms with Crippen molar-refractivity contribution in [3.05, 3.63) is 29.6 Å². The quantitative estimate of drug-likeness (QED) is 0.759. The van der Waals surface area contributed by atoms with Gasteiger partial charge in [-0.15, -0.1) is 0 Å². The Bertz CT molecular complexity index is 729. The van der Waals surface area contributed by atoms with Crippen molar-refractivity contribution in [1.29, 1.82) is 0 Å². The molecule has 23 heavy (non-hydrogen) atoms. The fourth-order valence-corrected chi connectivity index (χ4v) is 2.67. The second-order valence-corrected chi connectivity index (χ2v) is 7.50. The minimum Gasteiger partial charge on any atom is -0.452 e. The minimum atomic E-state index is -3.81. The number of amides is 1. The van der Waals surface area contributed by atoms with E-state index in [1.54, 1.807) is 0 Å². The Kier molecular flexibility index (Phi) is 5.00. The van der Waals surface area contributed by atoms with Crippen molar-refractivity contribution in [3.8, 4) is 0 Å². The second kappa shape index (κ2) is 6.63. The summed E-state index contributed by atoms with van der Waals surface area (Å²) in [6, 6.07) is 2.94. The molecule has 2 rings (SSSR count). The monoisotopic (exact) mass is 344 g/mol. The Morgan fingerprint density at radius 1 is 1.35 bits per heavy atom. The highest BCUT2D eigenvalue weighted by atomic mass is 32.2. The maximum Gasteiger partial charge on any atom is 0.341 e. The molecule has 9 heteroatoms. The van der Waals surface area contributed by atoms with Gasteiger partial charge in [0.15, 0.2) is 6.61 Å². The van der Waals surface area contributed by atoms with Crippen LogP contribution in [0.15, 0.2) is 23.1 Å². The summed E-state index contributed by atoms with van der Waals surface area (Å²) in [6.07, 6.45) is 1.78. The molecular weight excluding hydrogens is 327 g/mol. The van der Waals surface area contributed by atoms with E-state index in [-0.39, 0.29) is 10.9 Å². The predicted molar refractivity (Wildman–Crippen MR) is 78.7 cm³/mol. The van der Waals surface area contributed by atoms with Crippen LogP contribution in [0.25, 0.3) is 0 Å². The molecule has 1 amide bonds. The third-order valence-electron chi connectivity index (χ3n) is 3.21. The van der Waals surface area contributed by atoms with Crippen molar-refractivity contribution < 1.29 is 27.1 Å². The number of nitrogens with one attached hydrogen (secondary N) is 1. The van der Waals surface area contributed by atoms with Gasteiger partial charge in [-0.25, -0.2) is 21.9 Å². The first kappa shape index (κ1) is 17.4. The topological polar surface area (TPSA) is 92.8 Å². The molecule has 0 aromatic heterocycles. The van der Waals surface area contributed by atoms with E-state index in [2.05, 4.69) is 5.32 Å². The average molecular weight is 344 g/mol. The van der Waals surface area contributed by atoms with Crippen LogP contribution in [0.3, 0.4) is 0 Å². The zero-order chi connectivity index (χ0) is 17.2. The molecule has 0 radical (unpaired) electrons. The van der Waals surface area contributed by atoms with Crippen LogP contribution in [0.4, 0.5) is 4.39 Å². The number of hydrogen-bond acceptors (Lipinski definition) is 5. The zero-order valence-electron chi connectivity index (χ0n) is 12.7. The number of hydrogen-bond donors (Lipinski definition) is 1. The van der Waals surface area contributed by atoms with E-state index >= 15 is 0 Å². The van der Waals surface area contributed by atoms with Crippen LogP contribution in [-0.2, 0) is 19.6 Å². The highest BCUT2D eigenvalue weighted by molar-refractivity contribution is 7.89. The first-order valence-corrected chi connectivity index (χ1v) is 8.34. The van der Waals surface area contributed by atoms with Gasteiger partial charge in [-0.3, -0.25) is 4.79 Å². The van der Waals surface area contributed by atoms with Crippen LogP contribution in [0.1, 0.15) is 23.2 Å². The van der Waals surface area contributed by atoms with Crippen molar-refractivity contribution in [2.75, 3.05) is 20.7 Å². The van der Waals surface area contributed by atoms with Gasteiger partial charge in [0.2, 0.25) is 10.0 Å². The summed E-state index contributed by atoms with van der Waals surface area (Å²) in [6.45, 7) is -0.542. The van der Waals surface area contributed by atoms with Gasteiger partial charge in [0.25, 0.3) is 5.91 Å². The highest BCUT2D eigenvalue weighted by Crippen LogP contribution is 2.19. The van der Waals surface area contributed by atoms with Crippen LogP contribution in [0.2, 0.25) is 0 Å². The molecule has 0 aliphatic heterocycles. The van der Waals surface area contributed by atoms with Gasteiger partial charge >= 0.3 is 5.97 Å². The van der Waals surface area contributed by atoms with E-state index in [1.165, 1.54) is 14.1 Å². The van der Waals surface area contributed by atoms with E-state index in [0.29, 0.717) is 0 Å². The SMILES string of the molecule is CN(C)S(=O)(=O)c1ccc(F)c(C(=O)OCC(=O)NC2CC2)c1. The van der Waals surface area contributed by atoms with E-state index in [4.69, 9.17) is 4.74 Å². The number of benzene rings is 1. The van der Waals surface area contributed by atoms with Gasteiger partial charge in [0.05, 0.1) is 10.5 Å². The van der Waals surface area contributed by atoms with Crippen molar-refractivity contribution in [2.24, 2.45) is 0 Å². The van der Waals surface area contributed by atoms with Crippen molar-refractivity contribution in [3.63, 3.8) is 0 Å². The lowest BCUT2D eigenvalue weighted by Gasteiger charge is -2.12. The Morgan fingerprint density at radius 2 is 2.00 bits per heavy atom. The van der Waals surface area contributed by atoms with Crippen LogP contribution < -0.4 is 5.32 Å². The third kappa shape index (κ3) is 4.26. The van der Waals surface area contributed by atoms with E-state index in [0.717, 1.165) is 35.3 Å². The van der Waals surface area contributed by atoms with Gasteiger partial charge in [-0.1, -0.05) is 0 Å². The number of sulfonamides is 1. The molecule has 1 N–H and O–H groups in total. The predicted octanol–water partition coefficient (Wildman–Crippen LogP) is 0.511. The number of carbonyl (C=O) groups excluding carboxylic acids is 2. The molecule has 1 saturated carbocycles. The number of rotatable bonds is 6. The largest absolute Gasteiger partial charge is 0.452 e. The number of ether oxygens (including phenoxy) is 1. The average Bonchev–Trinajstić information content (AvgIpc) is 3.28. The molecule has 1 fully saturated rings.